The Kier molecular flexibility index (Phi) is 9.08. The molecule has 2 aliphatic heterocycles. The molecule has 2 aromatic rings. The van der Waals surface area contributed by atoms with E-state index in [0.717, 1.165) is 29.8 Å². The van der Waals surface area contributed by atoms with E-state index < -0.39 is 0 Å². The van der Waals surface area contributed by atoms with Gasteiger partial charge in [-0.1, -0.05) is 67.7 Å². The van der Waals surface area contributed by atoms with Gasteiger partial charge in [-0.25, -0.2) is 0 Å². The van der Waals surface area contributed by atoms with E-state index in [0.29, 0.717) is 47.4 Å². The first-order valence-corrected chi connectivity index (χ1v) is 14.3. The predicted molar refractivity (Wildman–Crippen MR) is 157 cm³/mol. The third kappa shape index (κ3) is 5.88. The highest BCUT2D eigenvalue weighted by Crippen LogP contribution is 2.36. The number of carbonyl (C=O) groups excluding carboxylic acids is 1. The highest BCUT2D eigenvalue weighted by Gasteiger charge is 2.34. The van der Waals surface area contributed by atoms with Crippen LogP contribution >= 0.6 is 24.0 Å². The van der Waals surface area contributed by atoms with Gasteiger partial charge in [-0.2, -0.15) is 5.26 Å². The van der Waals surface area contributed by atoms with E-state index in [1.807, 2.05) is 50.3 Å². The molecule has 2 saturated heterocycles. The molecule has 2 aliphatic rings. The molecule has 200 valence electrons. The zero-order valence-electron chi connectivity index (χ0n) is 22.4. The zero-order valence-corrected chi connectivity index (χ0v) is 24.0. The number of unbranched alkanes of at least 4 members (excludes halogenated alkanes) is 1. The number of thiocarbonyl (C=S) groups is 1. The average molecular weight is 551 g/mol. The minimum absolute atomic E-state index is 0.0199. The van der Waals surface area contributed by atoms with Gasteiger partial charge in [0.2, 0.25) is 0 Å². The van der Waals surface area contributed by atoms with Gasteiger partial charge in [-0.3, -0.25) is 19.1 Å². The van der Waals surface area contributed by atoms with Crippen molar-refractivity contribution in [1.82, 2.24) is 9.47 Å². The summed E-state index contributed by atoms with van der Waals surface area (Å²) in [5.74, 6) is 0.603. The normalized spacial score (nSPS) is 20.9. The van der Waals surface area contributed by atoms with Crippen molar-refractivity contribution >= 4 is 46.1 Å². The number of amides is 1. The largest absolute Gasteiger partial charge is 0.372 e. The van der Waals surface area contributed by atoms with Gasteiger partial charge >= 0.3 is 0 Å². The quantitative estimate of drug-likeness (QED) is 0.342. The van der Waals surface area contributed by atoms with Gasteiger partial charge in [-0.05, 0) is 50.8 Å². The number of hydrogen-bond acceptors (Lipinski definition) is 7. The van der Waals surface area contributed by atoms with Gasteiger partial charge in [0.1, 0.15) is 21.8 Å². The summed E-state index contributed by atoms with van der Waals surface area (Å²) in [5.41, 5.74) is 2.28. The first-order chi connectivity index (χ1) is 18.2. The van der Waals surface area contributed by atoms with Crippen LogP contribution in [0, 0.1) is 18.3 Å². The highest BCUT2D eigenvalue weighted by atomic mass is 32.2. The van der Waals surface area contributed by atoms with Crippen LogP contribution in [0.5, 0.6) is 0 Å². The first-order valence-electron chi connectivity index (χ1n) is 13.1. The van der Waals surface area contributed by atoms with Crippen LogP contribution in [0.25, 0.3) is 6.08 Å². The number of pyridine rings is 1. The summed E-state index contributed by atoms with van der Waals surface area (Å²) in [7, 11) is 0. The molecule has 3 heterocycles. The highest BCUT2D eigenvalue weighted by molar-refractivity contribution is 8.26. The number of thioether (sulfide) groups is 1. The van der Waals surface area contributed by atoms with E-state index >= 15 is 0 Å². The summed E-state index contributed by atoms with van der Waals surface area (Å²) < 4.78 is 8.21. The summed E-state index contributed by atoms with van der Waals surface area (Å²) in [6, 6.07) is 12.1. The van der Waals surface area contributed by atoms with Crippen LogP contribution in [-0.4, -0.2) is 51.5 Å². The van der Waals surface area contributed by atoms with Crippen molar-refractivity contribution in [3.63, 3.8) is 0 Å². The standard InChI is InChI=1S/C29H34N4O3S2/c1-5-6-13-32-26(31-17-19(2)36-20(3)18-31)23(21(4)24(16-30)27(32)34)15-25-28(35)33(29(37)38-25)14-12-22-10-8-7-9-11-22/h7-11,15,19-20H,5-6,12-14,17-18H2,1-4H3/b25-15-. The SMILES string of the molecule is CCCCn1c(N2CC(C)OC(C)C2)c(/C=C2\SC(=S)N(CCc3ccccc3)C2=O)c(C)c(C#N)c1=O. The number of rotatable bonds is 8. The number of carbonyl (C=O) groups is 1. The maximum Gasteiger partial charge on any atom is 0.270 e. The Balaban J connectivity index is 1.79. The molecule has 1 aromatic carbocycles. The minimum Gasteiger partial charge on any atom is -0.372 e. The van der Waals surface area contributed by atoms with Gasteiger partial charge in [-0.15, -0.1) is 0 Å². The molecule has 38 heavy (non-hydrogen) atoms. The van der Waals surface area contributed by atoms with E-state index in [4.69, 9.17) is 17.0 Å². The lowest BCUT2D eigenvalue weighted by Crippen LogP contribution is -2.48. The lowest BCUT2D eigenvalue weighted by Gasteiger charge is -2.39. The zero-order chi connectivity index (χ0) is 27.4. The minimum atomic E-state index is -0.284. The van der Waals surface area contributed by atoms with Crippen LogP contribution in [0.1, 0.15) is 55.9 Å². The number of aromatic nitrogens is 1. The molecule has 0 aliphatic carbocycles. The van der Waals surface area contributed by atoms with Gasteiger partial charge in [0, 0.05) is 31.7 Å². The molecule has 2 unspecified atom stereocenters. The number of anilines is 1. The molecule has 7 nitrogen and oxygen atoms in total. The molecule has 1 amide bonds. The molecular weight excluding hydrogens is 516 g/mol. The fourth-order valence-corrected chi connectivity index (χ4v) is 6.36. The number of hydrogen-bond donors (Lipinski definition) is 0. The molecule has 0 saturated carbocycles. The molecule has 9 heteroatoms. The monoisotopic (exact) mass is 550 g/mol. The maximum atomic E-state index is 13.5. The third-order valence-corrected chi connectivity index (χ3v) is 8.29. The van der Waals surface area contributed by atoms with E-state index in [-0.39, 0.29) is 29.2 Å². The van der Waals surface area contributed by atoms with E-state index in [2.05, 4.69) is 17.9 Å². The molecule has 0 spiro atoms. The van der Waals surface area contributed by atoms with E-state index in [9.17, 15) is 14.9 Å². The first kappa shape index (κ1) is 28.1. The Morgan fingerprint density at radius 1 is 1.16 bits per heavy atom. The lowest BCUT2D eigenvalue weighted by atomic mass is 10.0. The summed E-state index contributed by atoms with van der Waals surface area (Å²) in [4.78, 5) is 31.3. The molecule has 4 rings (SSSR count). The number of ether oxygens (including phenoxy) is 1. The summed E-state index contributed by atoms with van der Waals surface area (Å²) in [6.45, 7) is 10.1. The van der Waals surface area contributed by atoms with Crippen molar-refractivity contribution in [3.05, 3.63) is 67.8 Å². The Morgan fingerprint density at radius 3 is 2.47 bits per heavy atom. The van der Waals surface area contributed by atoms with E-state index in [1.54, 1.807) is 16.4 Å². The summed E-state index contributed by atoms with van der Waals surface area (Å²) >= 11 is 6.87. The van der Waals surface area contributed by atoms with Crippen molar-refractivity contribution in [2.45, 2.75) is 65.7 Å². The van der Waals surface area contributed by atoms with Crippen molar-refractivity contribution in [3.8, 4) is 6.07 Å². The molecule has 1 aromatic heterocycles. The summed E-state index contributed by atoms with van der Waals surface area (Å²) in [6.07, 6.45) is 4.21. The van der Waals surface area contributed by atoms with Gasteiger partial charge < -0.3 is 9.64 Å². The lowest BCUT2D eigenvalue weighted by molar-refractivity contribution is -0.122. The smallest absolute Gasteiger partial charge is 0.270 e. The Bertz CT molecular complexity index is 1340. The number of nitrogens with zero attached hydrogens (tertiary/aromatic N) is 4. The molecular formula is C29H34N4O3S2. The Hall–Kier alpha value is -2.93. The van der Waals surface area contributed by atoms with Crippen LogP contribution < -0.4 is 10.5 Å². The molecule has 0 bridgehead atoms. The topological polar surface area (TPSA) is 78.6 Å². The number of morpholine rings is 1. The number of benzene rings is 1. The van der Waals surface area contributed by atoms with Crippen molar-refractivity contribution < 1.29 is 9.53 Å². The van der Waals surface area contributed by atoms with Crippen LogP contribution in [0.4, 0.5) is 5.82 Å². The van der Waals surface area contributed by atoms with Gasteiger partial charge in [0.05, 0.1) is 17.1 Å². The third-order valence-electron chi connectivity index (χ3n) is 6.92. The second kappa shape index (κ2) is 12.3. The molecule has 2 fully saturated rings. The molecule has 0 radical (unpaired) electrons. The van der Waals surface area contributed by atoms with Crippen LogP contribution in [-0.2, 0) is 22.5 Å². The fourth-order valence-electron chi connectivity index (χ4n) is 5.07. The molecule has 2 atom stereocenters. The van der Waals surface area contributed by atoms with Crippen molar-refractivity contribution in [2.75, 3.05) is 24.5 Å². The predicted octanol–water partition coefficient (Wildman–Crippen LogP) is 4.89. The Morgan fingerprint density at radius 2 is 1.84 bits per heavy atom. The number of nitriles is 1. The Labute approximate surface area is 234 Å². The van der Waals surface area contributed by atoms with Crippen LogP contribution in [0.2, 0.25) is 0 Å². The average Bonchev–Trinajstić information content (AvgIpc) is 3.15. The second-order valence-corrected chi connectivity index (χ2v) is 11.6. The van der Waals surface area contributed by atoms with Crippen molar-refractivity contribution in [2.24, 2.45) is 0 Å². The fraction of sp³-hybridized carbons (Fsp3) is 0.448. The molecule has 0 N–H and O–H groups in total. The van der Waals surface area contributed by atoms with Crippen LogP contribution in [0.3, 0.4) is 0 Å². The van der Waals surface area contributed by atoms with Crippen LogP contribution in [0.15, 0.2) is 40.0 Å². The summed E-state index contributed by atoms with van der Waals surface area (Å²) in [5, 5.41) is 9.92. The maximum absolute atomic E-state index is 13.5. The van der Waals surface area contributed by atoms with Crippen molar-refractivity contribution in [1.29, 1.82) is 5.26 Å². The van der Waals surface area contributed by atoms with Gasteiger partial charge in [0.15, 0.2) is 0 Å². The van der Waals surface area contributed by atoms with Gasteiger partial charge in [0.25, 0.3) is 11.5 Å². The second-order valence-electron chi connectivity index (χ2n) is 9.89. The van der Waals surface area contributed by atoms with E-state index in [1.165, 1.54) is 11.8 Å².